The van der Waals surface area contributed by atoms with Crippen LogP contribution in [-0.4, -0.2) is 37.2 Å². The van der Waals surface area contributed by atoms with Crippen molar-refractivity contribution in [2.24, 2.45) is 0 Å². The van der Waals surface area contributed by atoms with Gasteiger partial charge in [-0.3, -0.25) is 4.90 Å². The fourth-order valence-electron chi connectivity index (χ4n) is 3.06. The average Bonchev–Trinajstić information content (AvgIpc) is 2.49. The van der Waals surface area contributed by atoms with E-state index < -0.39 is 6.61 Å². The van der Waals surface area contributed by atoms with E-state index in [4.69, 9.17) is 4.74 Å². The van der Waals surface area contributed by atoms with Crippen molar-refractivity contribution in [2.75, 3.05) is 19.6 Å². The van der Waals surface area contributed by atoms with Gasteiger partial charge in [0, 0.05) is 37.8 Å². The van der Waals surface area contributed by atoms with Crippen LogP contribution in [0.15, 0.2) is 36.4 Å². The molecular formula is C17H21ClF2N2O. The molecule has 0 unspecified atom stereocenters. The molecule has 0 aromatic heterocycles. The maximum atomic E-state index is 12.7. The van der Waals surface area contributed by atoms with E-state index in [0.717, 1.165) is 36.0 Å². The van der Waals surface area contributed by atoms with Gasteiger partial charge in [-0.05, 0) is 23.8 Å². The van der Waals surface area contributed by atoms with Crippen LogP contribution >= 0.6 is 12.4 Å². The van der Waals surface area contributed by atoms with Gasteiger partial charge in [0.1, 0.15) is 5.75 Å². The van der Waals surface area contributed by atoms with Crippen molar-refractivity contribution < 1.29 is 13.5 Å². The summed E-state index contributed by atoms with van der Waals surface area (Å²) in [6, 6.07) is 11.7. The molecule has 3 nitrogen and oxygen atoms in total. The standard InChI is InChI=1S/C17H20F2N2O.ClH/c1-12-10-21(9-8-20-12)11-15-14-5-3-2-4-13(14)6-7-16(15)22-17(18)19;/h2-7,12,17,20H,8-11H2,1H3;1H/t12-;/m1./s1. The van der Waals surface area contributed by atoms with E-state index in [0.29, 0.717) is 12.6 Å². The Morgan fingerprint density at radius 2 is 2.04 bits per heavy atom. The van der Waals surface area contributed by atoms with Gasteiger partial charge in [0.15, 0.2) is 0 Å². The Hall–Kier alpha value is -1.43. The van der Waals surface area contributed by atoms with E-state index >= 15 is 0 Å². The Balaban J connectivity index is 0.00000192. The Labute approximate surface area is 141 Å². The molecule has 1 aliphatic heterocycles. The monoisotopic (exact) mass is 342 g/mol. The summed E-state index contributed by atoms with van der Waals surface area (Å²) in [5.41, 5.74) is 0.840. The number of alkyl halides is 2. The zero-order chi connectivity index (χ0) is 15.5. The normalized spacial score (nSPS) is 18.9. The predicted octanol–water partition coefficient (Wildman–Crippen LogP) is 3.66. The molecule has 1 fully saturated rings. The first kappa shape index (κ1) is 17.9. The van der Waals surface area contributed by atoms with Crippen LogP contribution in [0, 0.1) is 0 Å². The lowest BCUT2D eigenvalue weighted by atomic mass is 10.0. The molecular weight excluding hydrogens is 322 g/mol. The minimum absolute atomic E-state index is 0. The second-order valence-electron chi connectivity index (χ2n) is 5.73. The molecule has 0 amide bonds. The third-order valence-corrected chi connectivity index (χ3v) is 4.05. The molecule has 1 N–H and O–H groups in total. The van der Waals surface area contributed by atoms with Crippen LogP contribution in [-0.2, 0) is 6.54 Å². The summed E-state index contributed by atoms with van der Waals surface area (Å²) in [5.74, 6) is 0.278. The van der Waals surface area contributed by atoms with Gasteiger partial charge in [0.2, 0.25) is 0 Å². The Morgan fingerprint density at radius 1 is 1.26 bits per heavy atom. The predicted molar refractivity (Wildman–Crippen MR) is 90.6 cm³/mol. The van der Waals surface area contributed by atoms with Crippen molar-refractivity contribution in [1.82, 2.24) is 10.2 Å². The van der Waals surface area contributed by atoms with Crippen LogP contribution in [0.2, 0.25) is 0 Å². The lowest BCUT2D eigenvalue weighted by Crippen LogP contribution is -2.48. The molecule has 6 heteroatoms. The molecule has 126 valence electrons. The van der Waals surface area contributed by atoms with Gasteiger partial charge in [-0.15, -0.1) is 12.4 Å². The van der Waals surface area contributed by atoms with E-state index in [9.17, 15) is 8.78 Å². The Morgan fingerprint density at radius 3 is 2.78 bits per heavy atom. The molecule has 1 atom stereocenters. The number of hydrogen-bond acceptors (Lipinski definition) is 3. The van der Waals surface area contributed by atoms with Gasteiger partial charge in [0.25, 0.3) is 0 Å². The van der Waals surface area contributed by atoms with Crippen LogP contribution in [0.1, 0.15) is 12.5 Å². The van der Waals surface area contributed by atoms with Crippen LogP contribution in [0.3, 0.4) is 0 Å². The number of nitrogens with zero attached hydrogens (tertiary/aromatic N) is 1. The number of benzene rings is 2. The first-order valence-corrected chi connectivity index (χ1v) is 7.54. The number of ether oxygens (including phenoxy) is 1. The van der Waals surface area contributed by atoms with Crippen molar-refractivity contribution in [3.05, 3.63) is 42.0 Å². The molecule has 2 aromatic rings. The quantitative estimate of drug-likeness (QED) is 0.917. The zero-order valence-electron chi connectivity index (χ0n) is 13.0. The summed E-state index contributed by atoms with van der Waals surface area (Å²) in [6.07, 6.45) is 0. The maximum Gasteiger partial charge on any atom is 0.387 e. The zero-order valence-corrected chi connectivity index (χ0v) is 13.8. The van der Waals surface area contributed by atoms with Gasteiger partial charge in [0.05, 0.1) is 0 Å². The van der Waals surface area contributed by atoms with Gasteiger partial charge in [-0.2, -0.15) is 8.78 Å². The Kier molecular flexibility index (Phi) is 6.16. The number of hydrogen-bond donors (Lipinski definition) is 1. The lowest BCUT2D eigenvalue weighted by molar-refractivity contribution is -0.0507. The smallest absolute Gasteiger partial charge is 0.387 e. The van der Waals surface area contributed by atoms with Crippen molar-refractivity contribution in [3.63, 3.8) is 0 Å². The van der Waals surface area contributed by atoms with Gasteiger partial charge in [-0.1, -0.05) is 30.3 Å². The molecule has 0 radical (unpaired) electrons. The van der Waals surface area contributed by atoms with Crippen molar-refractivity contribution >= 4 is 23.2 Å². The molecule has 0 spiro atoms. The first-order valence-electron chi connectivity index (χ1n) is 7.54. The third kappa shape index (κ3) is 4.31. The van der Waals surface area contributed by atoms with Gasteiger partial charge < -0.3 is 10.1 Å². The SMILES string of the molecule is C[C@@H]1CN(Cc2c(OC(F)F)ccc3ccccc23)CCN1.Cl. The highest BCUT2D eigenvalue weighted by Gasteiger charge is 2.19. The second-order valence-corrected chi connectivity index (χ2v) is 5.73. The van der Waals surface area contributed by atoms with E-state index in [2.05, 4.69) is 17.1 Å². The van der Waals surface area contributed by atoms with Crippen molar-refractivity contribution in [3.8, 4) is 5.75 Å². The first-order chi connectivity index (χ1) is 10.6. The fraction of sp³-hybridized carbons (Fsp3) is 0.412. The minimum Gasteiger partial charge on any atom is -0.434 e. The number of halogens is 3. The highest BCUT2D eigenvalue weighted by Crippen LogP contribution is 2.30. The molecule has 0 aliphatic carbocycles. The summed E-state index contributed by atoms with van der Waals surface area (Å²) < 4.78 is 30.1. The number of rotatable bonds is 4. The number of piperazine rings is 1. The summed E-state index contributed by atoms with van der Waals surface area (Å²) in [5, 5.41) is 5.41. The largest absolute Gasteiger partial charge is 0.434 e. The minimum atomic E-state index is -2.80. The second kappa shape index (κ2) is 7.90. The maximum absolute atomic E-state index is 12.7. The van der Waals surface area contributed by atoms with Crippen LogP contribution < -0.4 is 10.1 Å². The summed E-state index contributed by atoms with van der Waals surface area (Å²) in [4.78, 5) is 2.28. The lowest BCUT2D eigenvalue weighted by Gasteiger charge is -2.32. The van der Waals surface area contributed by atoms with Crippen LogP contribution in [0.25, 0.3) is 10.8 Å². The topological polar surface area (TPSA) is 24.5 Å². The summed E-state index contributed by atoms with van der Waals surface area (Å²) in [6.45, 7) is 2.67. The van der Waals surface area contributed by atoms with Gasteiger partial charge >= 0.3 is 6.61 Å². The van der Waals surface area contributed by atoms with E-state index in [1.807, 2.05) is 30.3 Å². The average molecular weight is 343 g/mol. The van der Waals surface area contributed by atoms with E-state index in [-0.39, 0.29) is 18.2 Å². The highest BCUT2D eigenvalue weighted by molar-refractivity contribution is 5.87. The molecule has 1 heterocycles. The molecule has 1 aliphatic rings. The van der Waals surface area contributed by atoms with E-state index in [1.54, 1.807) is 6.07 Å². The van der Waals surface area contributed by atoms with E-state index in [1.165, 1.54) is 0 Å². The highest BCUT2D eigenvalue weighted by atomic mass is 35.5. The molecule has 0 saturated carbocycles. The van der Waals surface area contributed by atoms with Crippen LogP contribution in [0.5, 0.6) is 5.75 Å². The number of nitrogens with one attached hydrogen (secondary N) is 1. The van der Waals surface area contributed by atoms with Crippen molar-refractivity contribution in [1.29, 1.82) is 0 Å². The Bertz CT molecular complexity index is 654. The molecule has 1 saturated heterocycles. The number of fused-ring (bicyclic) bond motifs is 1. The summed E-state index contributed by atoms with van der Waals surface area (Å²) in [7, 11) is 0. The summed E-state index contributed by atoms with van der Waals surface area (Å²) >= 11 is 0. The molecule has 23 heavy (non-hydrogen) atoms. The van der Waals surface area contributed by atoms with Crippen LogP contribution in [0.4, 0.5) is 8.78 Å². The van der Waals surface area contributed by atoms with Gasteiger partial charge in [-0.25, -0.2) is 0 Å². The molecule has 3 rings (SSSR count). The fourth-order valence-corrected chi connectivity index (χ4v) is 3.06. The molecule has 0 bridgehead atoms. The molecule has 2 aromatic carbocycles. The third-order valence-electron chi connectivity index (χ3n) is 4.05. The van der Waals surface area contributed by atoms with Crippen molar-refractivity contribution in [2.45, 2.75) is 26.1 Å².